The fourth-order valence-corrected chi connectivity index (χ4v) is 7.37. The number of nitrogens with zero attached hydrogens (tertiary/aromatic N) is 1. The number of carbonyl (C=O) groups excluding carboxylic acids is 3. The maximum atomic E-state index is 14.3. The highest BCUT2D eigenvalue weighted by Gasteiger charge is 2.41. The van der Waals surface area contributed by atoms with Crippen molar-refractivity contribution >= 4 is 27.7 Å². The third kappa shape index (κ3) is 10.8. The molecule has 3 amide bonds. The number of hydrogen-bond acceptors (Lipinski definition) is 7. The Morgan fingerprint density at radius 2 is 1.38 bits per heavy atom. The molecule has 0 unspecified atom stereocenters. The van der Waals surface area contributed by atoms with Gasteiger partial charge in [0.05, 0.1) is 24.9 Å². The molecule has 0 fully saturated rings. The van der Waals surface area contributed by atoms with E-state index >= 15 is 0 Å². The topological polar surface area (TPSA) is 134 Å². The summed E-state index contributed by atoms with van der Waals surface area (Å²) in [6.45, 7) is 15.0. The average Bonchev–Trinajstić information content (AvgIpc) is 3.08. The first-order valence-electron chi connectivity index (χ1n) is 17.5. The Kier molecular flexibility index (Phi) is 14.0. The predicted molar refractivity (Wildman–Crippen MR) is 208 cm³/mol. The number of hydrogen-bond donors (Lipinski definition) is 3. The van der Waals surface area contributed by atoms with Gasteiger partial charge in [-0.2, -0.15) is 0 Å². The molecule has 0 saturated heterocycles. The minimum atomic E-state index is -3.96. The molecule has 0 radical (unpaired) electrons. The normalized spacial score (nSPS) is 14.3. The Balaban J connectivity index is 1.81. The van der Waals surface area contributed by atoms with Crippen molar-refractivity contribution in [2.45, 2.75) is 84.7 Å². The van der Waals surface area contributed by atoms with Crippen LogP contribution in [-0.2, 0) is 35.6 Å². The van der Waals surface area contributed by atoms with Gasteiger partial charge in [-0.05, 0) is 59.7 Å². The number of sulfonamides is 1. The molecule has 3 aromatic rings. The molecule has 52 heavy (non-hydrogen) atoms. The molecule has 0 aliphatic carbocycles. The van der Waals surface area contributed by atoms with Gasteiger partial charge in [-0.15, -0.1) is 0 Å². The van der Waals surface area contributed by atoms with E-state index in [1.807, 2.05) is 97.0 Å². The molecule has 11 heteroatoms. The van der Waals surface area contributed by atoms with Gasteiger partial charge in [-0.25, -0.2) is 13.1 Å². The van der Waals surface area contributed by atoms with E-state index in [0.717, 1.165) is 22.4 Å². The first kappa shape index (κ1) is 41.9. The van der Waals surface area contributed by atoms with Gasteiger partial charge in [0, 0.05) is 18.0 Å². The molecule has 3 rings (SSSR count). The van der Waals surface area contributed by atoms with Gasteiger partial charge in [0.2, 0.25) is 21.8 Å². The van der Waals surface area contributed by atoms with Crippen molar-refractivity contribution in [2.75, 3.05) is 21.2 Å². The molecule has 0 aliphatic heterocycles. The largest absolute Gasteiger partial charge is 0.497 e. The molecule has 0 aromatic heterocycles. The van der Waals surface area contributed by atoms with E-state index in [2.05, 4.69) is 15.4 Å². The number of carbonyl (C=O) groups is 3. The monoisotopic (exact) mass is 732 g/mol. The van der Waals surface area contributed by atoms with Gasteiger partial charge in [-0.3, -0.25) is 14.4 Å². The number of methoxy groups -OCH3 is 1. The number of ether oxygens (including phenoxy) is 1. The maximum Gasteiger partial charge on any atom is 0.260 e. The van der Waals surface area contributed by atoms with Gasteiger partial charge >= 0.3 is 0 Å². The van der Waals surface area contributed by atoms with Crippen LogP contribution in [-0.4, -0.2) is 70.4 Å². The number of rotatable bonds is 15. The number of nitrogens with one attached hydrogen (secondary N) is 3. The summed E-state index contributed by atoms with van der Waals surface area (Å²) in [6.07, 6.45) is 1.60. The van der Waals surface area contributed by atoms with Crippen LogP contribution in [0.3, 0.4) is 0 Å². The molecule has 3 aromatic carbocycles. The standard InChI is InChI=1S/C41H56N4O6S/c1-27(2)34(25-28(3)37(46)44-52(49,50)26-29-15-13-12-14-16-29)45(10)39(48)36(40(4,5)6)43-38(47)35(42-9)41(7,8)32-21-17-30(18-22-32)31-19-23-33(51-11)24-20-31/h12-25,27,34-36,42H,26H2,1-11H3,(H,43,47)(H,44,46)/b28-25+/t34-,35-,36-/m1/s1. The second-order valence-corrected chi connectivity index (χ2v) is 17.0. The lowest BCUT2D eigenvalue weighted by Gasteiger charge is -2.40. The molecule has 0 aliphatic rings. The third-order valence-corrected chi connectivity index (χ3v) is 10.6. The van der Waals surface area contributed by atoms with Gasteiger partial charge < -0.3 is 20.3 Å². The molecular formula is C41H56N4O6S. The molecular weight excluding hydrogens is 677 g/mol. The SMILES string of the molecule is CN[C@H](C(=O)N[C@H](C(=O)N(C)[C@H](/C=C(\C)C(=O)NS(=O)(=O)Cc1ccccc1)C(C)C)C(C)(C)C)C(C)(C)c1ccc(-c2ccc(OC)cc2)cc1. The smallest absolute Gasteiger partial charge is 0.260 e. The van der Waals surface area contributed by atoms with Crippen molar-refractivity contribution in [3.05, 3.63) is 102 Å². The highest BCUT2D eigenvalue weighted by molar-refractivity contribution is 7.89. The Hall–Kier alpha value is -4.48. The summed E-state index contributed by atoms with van der Waals surface area (Å²) in [6, 6.07) is 22.3. The summed E-state index contributed by atoms with van der Waals surface area (Å²) in [4.78, 5) is 42.9. The van der Waals surface area contributed by atoms with Crippen LogP contribution >= 0.6 is 0 Å². The van der Waals surface area contributed by atoms with E-state index in [9.17, 15) is 22.8 Å². The van der Waals surface area contributed by atoms with Gasteiger partial charge in [-0.1, -0.05) is 121 Å². The molecule has 0 heterocycles. The highest BCUT2D eigenvalue weighted by atomic mass is 32.2. The van der Waals surface area contributed by atoms with Crippen molar-refractivity contribution in [3.63, 3.8) is 0 Å². The number of likely N-dealkylation sites (N-methyl/N-ethyl adjacent to an activating group) is 2. The quantitative estimate of drug-likeness (QED) is 0.168. The van der Waals surface area contributed by atoms with Crippen LogP contribution in [0.1, 0.15) is 66.5 Å². The summed E-state index contributed by atoms with van der Waals surface area (Å²) in [5.41, 5.74) is 2.39. The summed E-state index contributed by atoms with van der Waals surface area (Å²) >= 11 is 0. The van der Waals surface area contributed by atoms with Crippen LogP contribution in [0, 0.1) is 11.3 Å². The number of benzene rings is 3. The van der Waals surface area contributed by atoms with Crippen LogP contribution in [0.4, 0.5) is 0 Å². The van der Waals surface area contributed by atoms with E-state index in [4.69, 9.17) is 4.74 Å². The number of amides is 3. The van der Waals surface area contributed by atoms with Crippen LogP contribution in [0.5, 0.6) is 5.75 Å². The van der Waals surface area contributed by atoms with E-state index in [1.165, 1.54) is 11.8 Å². The van der Waals surface area contributed by atoms with Gasteiger partial charge in [0.15, 0.2) is 0 Å². The van der Waals surface area contributed by atoms with Crippen molar-refractivity contribution in [3.8, 4) is 16.9 Å². The zero-order valence-electron chi connectivity index (χ0n) is 32.4. The second-order valence-electron chi connectivity index (χ2n) is 15.3. The summed E-state index contributed by atoms with van der Waals surface area (Å²) in [7, 11) is 1.04. The van der Waals surface area contributed by atoms with Crippen molar-refractivity contribution in [1.29, 1.82) is 0 Å². The summed E-state index contributed by atoms with van der Waals surface area (Å²) < 4.78 is 32.9. The molecule has 0 bridgehead atoms. The van der Waals surface area contributed by atoms with E-state index in [-0.39, 0.29) is 29.1 Å². The second kappa shape index (κ2) is 17.4. The molecule has 0 spiro atoms. The van der Waals surface area contributed by atoms with Crippen molar-refractivity contribution in [2.24, 2.45) is 11.3 Å². The molecule has 3 N–H and O–H groups in total. The first-order valence-corrected chi connectivity index (χ1v) is 19.1. The molecule has 3 atom stereocenters. The minimum Gasteiger partial charge on any atom is -0.497 e. The first-order chi connectivity index (χ1) is 24.2. The lowest BCUT2D eigenvalue weighted by molar-refractivity contribution is -0.140. The Bertz CT molecular complexity index is 1810. The van der Waals surface area contributed by atoms with Crippen LogP contribution < -0.4 is 20.1 Å². The van der Waals surface area contributed by atoms with Crippen LogP contribution in [0.2, 0.25) is 0 Å². The van der Waals surface area contributed by atoms with Gasteiger partial charge in [0.1, 0.15) is 11.8 Å². The van der Waals surface area contributed by atoms with Crippen LogP contribution in [0.15, 0.2) is 90.5 Å². The fourth-order valence-electron chi connectivity index (χ4n) is 6.22. The predicted octanol–water partition coefficient (Wildman–Crippen LogP) is 5.83. The van der Waals surface area contributed by atoms with Gasteiger partial charge in [0.25, 0.3) is 5.91 Å². The fraction of sp³-hybridized carbons (Fsp3) is 0.439. The van der Waals surface area contributed by atoms with Crippen LogP contribution in [0.25, 0.3) is 11.1 Å². The third-order valence-electron chi connectivity index (χ3n) is 9.43. The molecule has 282 valence electrons. The summed E-state index contributed by atoms with van der Waals surface area (Å²) in [5, 5.41) is 6.24. The van der Waals surface area contributed by atoms with E-state index in [0.29, 0.717) is 5.56 Å². The highest BCUT2D eigenvalue weighted by Crippen LogP contribution is 2.31. The zero-order chi connectivity index (χ0) is 39.0. The average molecular weight is 733 g/mol. The Labute approximate surface area is 310 Å². The molecule has 10 nitrogen and oxygen atoms in total. The maximum absolute atomic E-state index is 14.3. The minimum absolute atomic E-state index is 0.140. The van der Waals surface area contributed by atoms with E-state index < -0.39 is 44.9 Å². The summed E-state index contributed by atoms with van der Waals surface area (Å²) in [5.74, 6) is -1.13. The van der Waals surface area contributed by atoms with Crippen molar-refractivity contribution in [1.82, 2.24) is 20.3 Å². The van der Waals surface area contributed by atoms with Crippen molar-refractivity contribution < 1.29 is 27.5 Å². The zero-order valence-corrected chi connectivity index (χ0v) is 33.2. The lowest BCUT2D eigenvalue weighted by atomic mass is 9.76. The van der Waals surface area contributed by atoms with E-state index in [1.54, 1.807) is 57.6 Å². The Morgan fingerprint density at radius 3 is 1.87 bits per heavy atom. The lowest BCUT2D eigenvalue weighted by Crippen LogP contribution is -2.61. The Morgan fingerprint density at radius 1 is 0.846 bits per heavy atom. The molecule has 0 saturated carbocycles.